The van der Waals surface area contributed by atoms with Crippen molar-refractivity contribution in [1.82, 2.24) is 10.2 Å². The molecular formula is C18H21FN2O2. The molecule has 2 amide bonds. The van der Waals surface area contributed by atoms with E-state index in [-0.39, 0.29) is 23.0 Å². The summed E-state index contributed by atoms with van der Waals surface area (Å²) in [5.74, 6) is -0.113. The van der Waals surface area contributed by atoms with Crippen molar-refractivity contribution in [3.63, 3.8) is 0 Å². The van der Waals surface area contributed by atoms with Gasteiger partial charge in [-0.2, -0.15) is 0 Å². The molecule has 0 atom stereocenters. The van der Waals surface area contributed by atoms with E-state index in [0.29, 0.717) is 18.7 Å². The number of hydrogen-bond donors (Lipinski definition) is 1. The van der Waals surface area contributed by atoms with Gasteiger partial charge in [0.05, 0.1) is 10.8 Å². The number of likely N-dealkylation sites (tertiary alicyclic amines) is 1. The summed E-state index contributed by atoms with van der Waals surface area (Å²) in [5, 5.41) is 2.91. The Hall–Kier alpha value is -1.91. The minimum absolute atomic E-state index is 0.0378. The van der Waals surface area contributed by atoms with Gasteiger partial charge in [0.25, 0.3) is 0 Å². The molecule has 1 saturated carbocycles. The third-order valence-electron chi connectivity index (χ3n) is 5.93. The fourth-order valence-electron chi connectivity index (χ4n) is 4.21. The molecular weight excluding hydrogens is 295 g/mol. The number of nitrogens with one attached hydrogen (secondary N) is 1. The molecule has 4 nitrogen and oxygen atoms in total. The summed E-state index contributed by atoms with van der Waals surface area (Å²) in [6.45, 7) is 1.94. The Balaban J connectivity index is 1.51. The molecule has 1 spiro atoms. The summed E-state index contributed by atoms with van der Waals surface area (Å²) in [4.78, 5) is 26.9. The first-order chi connectivity index (χ1) is 11.1. The van der Waals surface area contributed by atoms with Crippen LogP contribution < -0.4 is 5.32 Å². The van der Waals surface area contributed by atoms with Crippen LogP contribution in [0.25, 0.3) is 0 Å². The first-order valence-corrected chi connectivity index (χ1v) is 8.40. The third-order valence-corrected chi connectivity index (χ3v) is 5.93. The SMILES string of the molecule is O=C1NCCC12CCN(C(=O)C1(c3ccccc3F)CC1)CC2. The van der Waals surface area contributed by atoms with Crippen LogP contribution in [0.4, 0.5) is 4.39 Å². The van der Waals surface area contributed by atoms with Gasteiger partial charge in [-0.15, -0.1) is 0 Å². The Bertz CT molecular complexity index is 661. The van der Waals surface area contributed by atoms with Crippen molar-refractivity contribution in [2.75, 3.05) is 19.6 Å². The van der Waals surface area contributed by atoms with Gasteiger partial charge < -0.3 is 10.2 Å². The number of amides is 2. The summed E-state index contributed by atoms with van der Waals surface area (Å²) in [5.41, 5.74) is -0.400. The van der Waals surface area contributed by atoms with E-state index < -0.39 is 5.41 Å². The molecule has 2 heterocycles. The molecule has 4 rings (SSSR count). The van der Waals surface area contributed by atoms with Crippen LogP contribution in [-0.2, 0) is 15.0 Å². The van der Waals surface area contributed by atoms with E-state index in [1.807, 2.05) is 4.90 Å². The Morgan fingerprint density at radius 1 is 1.09 bits per heavy atom. The van der Waals surface area contributed by atoms with E-state index in [0.717, 1.165) is 38.6 Å². The summed E-state index contributed by atoms with van der Waals surface area (Å²) in [6.07, 6.45) is 3.74. The molecule has 2 aliphatic heterocycles. The minimum Gasteiger partial charge on any atom is -0.356 e. The topological polar surface area (TPSA) is 49.4 Å². The third kappa shape index (κ3) is 2.17. The lowest BCUT2D eigenvalue weighted by atomic mass is 9.76. The van der Waals surface area contributed by atoms with Gasteiger partial charge >= 0.3 is 0 Å². The van der Waals surface area contributed by atoms with Crippen LogP contribution in [0, 0.1) is 11.2 Å². The van der Waals surface area contributed by atoms with Crippen LogP contribution in [0.3, 0.4) is 0 Å². The molecule has 3 aliphatic rings. The molecule has 0 unspecified atom stereocenters. The summed E-state index contributed by atoms with van der Waals surface area (Å²) in [6, 6.07) is 6.61. The standard InChI is InChI=1S/C18H21FN2O2/c19-14-4-2-1-3-13(14)18(5-6-18)16(23)21-11-8-17(9-12-21)7-10-20-15(17)22/h1-4H,5-12H2,(H,20,22). The van der Waals surface area contributed by atoms with E-state index in [1.54, 1.807) is 18.2 Å². The van der Waals surface area contributed by atoms with E-state index in [1.165, 1.54) is 6.07 Å². The number of carbonyl (C=O) groups is 2. The van der Waals surface area contributed by atoms with Gasteiger partial charge in [-0.3, -0.25) is 9.59 Å². The second-order valence-corrected chi connectivity index (χ2v) is 7.14. The second kappa shape index (κ2) is 5.05. The van der Waals surface area contributed by atoms with Crippen molar-refractivity contribution in [3.8, 4) is 0 Å². The van der Waals surface area contributed by atoms with Crippen molar-refractivity contribution in [2.45, 2.75) is 37.5 Å². The lowest BCUT2D eigenvalue weighted by molar-refractivity contribution is -0.140. The maximum atomic E-state index is 14.1. The van der Waals surface area contributed by atoms with Crippen LogP contribution in [0.1, 0.15) is 37.7 Å². The highest BCUT2D eigenvalue weighted by Gasteiger charge is 2.55. The Labute approximate surface area is 135 Å². The number of hydrogen-bond acceptors (Lipinski definition) is 2. The Kier molecular flexibility index (Phi) is 3.22. The van der Waals surface area contributed by atoms with Crippen molar-refractivity contribution in [2.24, 2.45) is 5.41 Å². The van der Waals surface area contributed by atoms with Crippen LogP contribution >= 0.6 is 0 Å². The molecule has 1 aromatic rings. The highest BCUT2D eigenvalue weighted by molar-refractivity contribution is 5.92. The maximum absolute atomic E-state index is 14.1. The zero-order chi connectivity index (χ0) is 16.1. The minimum atomic E-state index is -0.659. The monoisotopic (exact) mass is 316 g/mol. The predicted molar refractivity (Wildman–Crippen MR) is 83.2 cm³/mol. The zero-order valence-electron chi connectivity index (χ0n) is 13.1. The molecule has 3 fully saturated rings. The average molecular weight is 316 g/mol. The summed E-state index contributed by atoms with van der Waals surface area (Å²) < 4.78 is 14.1. The fourth-order valence-corrected chi connectivity index (χ4v) is 4.21. The molecule has 1 aliphatic carbocycles. The summed E-state index contributed by atoms with van der Waals surface area (Å²) in [7, 11) is 0. The van der Waals surface area contributed by atoms with Gasteiger partial charge in [0.15, 0.2) is 0 Å². The van der Waals surface area contributed by atoms with Crippen LogP contribution in [0.5, 0.6) is 0 Å². The number of carbonyl (C=O) groups excluding carboxylic acids is 2. The highest BCUT2D eigenvalue weighted by atomic mass is 19.1. The maximum Gasteiger partial charge on any atom is 0.233 e. The van der Waals surface area contributed by atoms with Gasteiger partial charge in [0.1, 0.15) is 5.82 Å². The number of halogens is 1. The van der Waals surface area contributed by atoms with E-state index in [9.17, 15) is 14.0 Å². The molecule has 23 heavy (non-hydrogen) atoms. The first kappa shape index (κ1) is 14.7. The van der Waals surface area contributed by atoms with Gasteiger partial charge in [-0.25, -0.2) is 4.39 Å². The van der Waals surface area contributed by atoms with Gasteiger partial charge in [-0.1, -0.05) is 18.2 Å². The molecule has 122 valence electrons. The molecule has 0 radical (unpaired) electrons. The van der Waals surface area contributed by atoms with Crippen molar-refractivity contribution in [1.29, 1.82) is 0 Å². The van der Waals surface area contributed by atoms with Gasteiger partial charge in [0.2, 0.25) is 11.8 Å². The normalized spacial score (nSPS) is 24.6. The van der Waals surface area contributed by atoms with Crippen molar-refractivity contribution >= 4 is 11.8 Å². The Morgan fingerprint density at radius 3 is 2.35 bits per heavy atom. The largest absolute Gasteiger partial charge is 0.356 e. The lowest BCUT2D eigenvalue weighted by Crippen LogP contribution is -2.49. The average Bonchev–Trinajstić information content (AvgIpc) is 3.30. The van der Waals surface area contributed by atoms with Gasteiger partial charge in [0, 0.05) is 25.2 Å². The highest BCUT2D eigenvalue weighted by Crippen LogP contribution is 2.51. The molecule has 0 bridgehead atoms. The number of nitrogens with zero attached hydrogens (tertiary/aromatic N) is 1. The molecule has 1 N–H and O–H groups in total. The second-order valence-electron chi connectivity index (χ2n) is 7.14. The Morgan fingerprint density at radius 2 is 1.78 bits per heavy atom. The van der Waals surface area contributed by atoms with E-state index in [2.05, 4.69) is 5.32 Å². The zero-order valence-corrected chi connectivity index (χ0v) is 13.1. The summed E-state index contributed by atoms with van der Waals surface area (Å²) >= 11 is 0. The number of piperidine rings is 1. The van der Waals surface area contributed by atoms with Crippen LogP contribution in [0.2, 0.25) is 0 Å². The fraction of sp³-hybridized carbons (Fsp3) is 0.556. The van der Waals surface area contributed by atoms with Gasteiger partial charge in [-0.05, 0) is 38.2 Å². The molecule has 5 heteroatoms. The number of benzene rings is 1. The van der Waals surface area contributed by atoms with E-state index in [4.69, 9.17) is 0 Å². The van der Waals surface area contributed by atoms with Crippen LogP contribution in [-0.4, -0.2) is 36.3 Å². The smallest absolute Gasteiger partial charge is 0.233 e. The lowest BCUT2D eigenvalue weighted by Gasteiger charge is -2.39. The molecule has 1 aromatic carbocycles. The van der Waals surface area contributed by atoms with Crippen LogP contribution in [0.15, 0.2) is 24.3 Å². The molecule has 0 aromatic heterocycles. The van der Waals surface area contributed by atoms with Crippen molar-refractivity contribution < 1.29 is 14.0 Å². The predicted octanol–water partition coefficient (Wildman–Crippen LogP) is 1.99. The molecule has 2 saturated heterocycles. The number of rotatable bonds is 2. The first-order valence-electron chi connectivity index (χ1n) is 8.40. The van der Waals surface area contributed by atoms with Crippen molar-refractivity contribution in [3.05, 3.63) is 35.6 Å². The quantitative estimate of drug-likeness (QED) is 0.907. The van der Waals surface area contributed by atoms with E-state index >= 15 is 0 Å².